The highest BCUT2D eigenvalue weighted by molar-refractivity contribution is 5.95. The van der Waals surface area contributed by atoms with Crippen LogP contribution in [0.4, 0.5) is 15.8 Å². The van der Waals surface area contributed by atoms with Crippen molar-refractivity contribution in [3.8, 4) is 11.8 Å². The number of carboxylic acids is 1. The predicted molar refractivity (Wildman–Crippen MR) is 74.4 cm³/mol. The molecule has 0 aliphatic carbocycles. The normalized spacial score (nSPS) is 9.76. The van der Waals surface area contributed by atoms with Gasteiger partial charge in [-0.3, -0.25) is 0 Å². The lowest BCUT2D eigenvalue weighted by Crippen LogP contribution is -2.05. The highest BCUT2D eigenvalue weighted by Crippen LogP contribution is 2.31. The van der Waals surface area contributed by atoms with Gasteiger partial charge in [-0.15, -0.1) is 0 Å². The predicted octanol–water partition coefficient (Wildman–Crippen LogP) is 3.15. The first-order chi connectivity index (χ1) is 10.1. The Balaban J connectivity index is 2.48. The molecule has 2 rings (SSSR count). The summed E-state index contributed by atoms with van der Waals surface area (Å²) in [7, 11) is 1.40. The van der Waals surface area contributed by atoms with Crippen molar-refractivity contribution in [1.82, 2.24) is 0 Å². The van der Waals surface area contributed by atoms with E-state index in [1.165, 1.54) is 37.4 Å². The molecule has 0 aromatic heterocycles. The maximum absolute atomic E-state index is 13.9. The Hall–Kier alpha value is -3.07. The van der Waals surface area contributed by atoms with Gasteiger partial charge in [-0.1, -0.05) is 6.07 Å². The standard InChI is InChI=1S/C15H11FN2O3/c1-21-13-7-9(8-17)5-6-12(13)18-14-10(15(19)20)3-2-4-11(14)16/h2-7,18H,1H3,(H,19,20). The average molecular weight is 286 g/mol. The molecular weight excluding hydrogens is 275 g/mol. The number of nitrogens with one attached hydrogen (secondary N) is 1. The second-order valence-electron chi connectivity index (χ2n) is 4.12. The molecule has 0 bridgehead atoms. The summed E-state index contributed by atoms with van der Waals surface area (Å²) in [4.78, 5) is 11.1. The van der Waals surface area contributed by atoms with Crippen LogP contribution in [-0.2, 0) is 0 Å². The molecule has 0 heterocycles. The van der Waals surface area contributed by atoms with Gasteiger partial charge in [0.2, 0.25) is 0 Å². The molecule has 0 spiro atoms. The van der Waals surface area contributed by atoms with Crippen LogP contribution in [-0.4, -0.2) is 18.2 Å². The lowest BCUT2D eigenvalue weighted by molar-refractivity contribution is 0.0697. The third-order valence-corrected chi connectivity index (χ3v) is 2.83. The third-order valence-electron chi connectivity index (χ3n) is 2.83. The molecule has 6 heteroatoms. The first kappa shape index (κ1) is 14.3. The zero-order chi connectivity index (χ0) is 15.4. The molecule has 2 N–H and O–H groups in total. The fourth-order valence-electron chi connectivity index (χ4n) is 1.83. The van der Waals surface area contributed by atoms with Crippen LogP contribution in [0, 0.1) is 17.1 Å². The summed E-state index contributed by atoms with van der Waals surface area (Å²) in [6, 6.07) is 10.2. The molecule has 2 aromatic rings. The Kier molecular flexibility index (Phi) is 4.05. The van der Waals surface area contributed by atoms with E-state index >= 15 is 0 Å². The zero-order valence-electron chi connectivity index (χ0n) is 11.1. The molecule has 5 nitrogen and oxygen atoms in total. The SMILES string of the molecule is COc1cc(C#N)ccc1Nc1c(F)cccc1C(=O)O. The van der Waals surface area contributed by atoms with Gasteiger partial charge in [-0.25, -0.2) is 9.18 Å². The van der Waals surface area contributed by atoms with E-state index in [2.05, 4.69) is 5.32 Å². The number of nitrogens with zero attached hydrogens (tertiary/aromatic N) is 1. The maximum atomic E-state index is 13.9. The van der Waals surface area contributed by atoms with Crippen LogP contribution in [0.5, 0.6) is 5.75 Å². The molecule has 0 saturated carbocycles. The molecular formula is C15H11FN2O3. The van der Waals surface area contributed by atoms with E-state index in [0.29, 0.717) is 17.0 Å². The molecule has 0 unspecified atom stereocenters. The molecule has 0 radical (unpaired) electrons. The number of rotatable bonds is 4. The van der Waals surface area contributed by atoms with Gasteiger partial charge in [0.25, 0.3) is 0 Å². The maximum Gasteiger partial charge on any atom is 0.337 e. The van der Waals surface area contributed by atoms with Crippen LogP contribution >= 0.6 is 0 Å². The molecule has 0 aliphatic rings. The lowest BCUT2D eigenvalue weighted by Gasteiger charge is -2.14. The van der Waals surface area contributed by atoms with E-state index in [1.807, 2.05) is 6.07 Å². The van der Waals surface area contributed by atoms with Crippen molar-refractivity contribution in [3.05, 3.63) is 53.3 Å². The number of methoxy groups -OCH3 is 1. The van der Waals surface area contributed by atoms with Gasteiger partial charge in [0.1, 0.15) is 11.6 Å². The monoisotopic (exact) mass is 286 g/mol. The Morgan fingerprint density at radius 1 is 1.38 bits per heavy atom. The summed E-state index contributed by atoms with van der Waals surface area (Å²) in [5.41, 5.74) is 0.392. The van der Waals surface area contributed by atoms with Crippen molar-refractivity contribution in [2.45, 2.75) is 0 Å². The number of carboxylic acid groups (broad SMARTS) is 1. The van der Waals surface area contributed by atoms with Gasteiger partial charge in [-0.05, 0) is 24.3 Å². The Bertz CT molecular complexity index is 738. The van der Waals surface area contributed by atoms with Gasteiger partial charge in [0, 0.05) is 6.07 Å². The molecule has 21 heavy (non-hydrogen) atoms. The number of para-hydroxylation sites is 1. The molecule has 0 fully saturated rings. The van der Waals surface area contributed by atoms with Crippen LogP contribution < -0.4 is 10.1 Å². The molecule has 106 valence electrons. The Morgan fingerprint density at radius 2 is 2.14 bits per heavy atom. The Labute approximate surface area is 120 Å². The van der Waals surface area contributed by atoms with E-state index in [0.717, 1.165) is 6.07 Å². The lowest BCUT2D eigenvalue weighted by atomic mass is 10.1. The number of hydrogen-bond donors (Lipinski definition) is 2. The minimum atomic E-state index is -1.25. The third kappa shape index (κ3) is 2.92. The van der Waals surface area contributed by atoms with Crippen molar-refractivity contribution in [1.29, 1.82) is 5.26 Å². The van der Waals surface area contributed by atoms with Gasteiger partial charge in [0.15, 0.2) is 0 Å². The fourth-order valence-corrected chi connectivity index (χ4v) is 1.83. The van der Waals surface area contributed by atoms with Gasteiger partial charge < -0.3 is 15.2 Å². The quantitative estimate of drug-likeness (QED) is 0.902. The largest absolute Gasteiger partial charge is 0.495 e. The average Bonchev–Trinajstić information content (AvgIpc) is 2.49. The van der Waals surface area contributed by atoms with Crippen LogP contribution in [0.1, 0.15) is 15.9 Å². The van der Waals surface area contributed by atoms with Gasteiger partial charge in [0.05, 0.1) is 35.7 Å². The first-order valence-electron chi connectivity index (χ1n) is 5.93. The van der Waals surface area contributed by atoms with E-state index < -0.39 is 11.8 Å². The van der Waals surface area contributed by atoms with Gasteiger partial charge >= 0.3 is 5.97 Å². The van der Waals surface area contributed by atoms with Crippen LogP contribution in [0.15, 0.2) is 36.4 Å². The minimum Gasteiger partial charge on any atom is -0.495 e. The molecule has 0 aliphatic heterocycles. The summed E-state index contributed by atoms with van der Waals surface area (Å²) in [6.45, 7) is 0. The highest BCUT2D eigenvalue weighted by atomic mass is 19.1. The van der Waals surface area contributed by atoms with E-state index in [4.69, 9.17) is 15.1 Å². The van der Waals surface area contributed by atoms with Crippen molar-refractivity contribution in [2.24, 2.45) is 0 Å². The summed E-state index contributed by atoms with van der Waals surface area (Å²) >= 11 is 0. The molecule has 0 amide bonds. The second-order valence-corrected chi connectivity index (χ2v) is 4.12. The number of anilines is 2. The van der Waals surface area contributed by atoms with E-state index in [9.17, 15) is 9.18 Å². The number of nitriles is 1. The highest BCUT2D eigenvalue weighted by Gasteiger charge is 2.16. The van der Waals surface area contributed by atoms with Crippen molar-refractivity contribution in [3.63, 3.8) is 0 Å². The van der Waals surface area contributed by atoms with Gasteiger partial charge in [-0.2, -0.15) is 5.26 Å². The zero-order valence-corrected chi connectivity index (χ0v) is 11.1. The summed E-state index contributed by atoms with van der Waals surface area (Å²) in [6.07, 6.45) is 0. The number of aromatic carboxylic acids is 1. The Morgan fingerprint density at radius 3 is 2.76 bits per heavy atom. The number of carbonyl (C=O) groups is 1. The van der Waals surface area contributed by atoms with Crippen LogP contribution in [0.3, 0.4) is 0 Å². The number of halogens is 1. The summed E-state index contributed by atoms with van der Waals surface area (Å²) in [5, 5.41) is 20.6. The topological polar surface area (TPSA) is 82.3 Å². The summed E-state index contributed by atoms with van der Waals surface area (Å²) in [5.74, 6) is -1.63. The molecule has 0 atom stereocenters. The van der Waals surface area contributed by atoms with E-state index in [1.54, 1.807) is 0 Å². The first-order valence-corrected chi connectivity index (χ1v) is 5.93. The second kappa shape index (κ2) is 5.92. The van der Waals surface area contributed by atoms with Crippen molar-refractivity contribution in [2.75, 3.05) is 12.4 Å². The number of benzene rings is 2. The summed E-state index contributed by atoms with van der Waals surface area (Å²) < 4.78 is 19.0. The minimum absolute atomic E-state index is 0.159. The molecule has 2 aromatic carbocycles. The number of ether oxygens (including phenoxy) is 1. The van der Waals surface area contributed by atoms with Crippen LogP contribution in [0.25, 0.3) is 0 Å². The van der Waals surface area contributed by atoms with Crippen molar-refractivity contribution >= 4 is 17.3 Å². The smallest absolute Gasteiger partial charge is 0.337 e. The number of hydrogen-bond acceptors (Lipinski definition) is 4. The van der Waals surface area contributed by atoms with Crippen molar-refractivity contribution < 1.29 is 19.0 Å². The van der Waals surface area contributed by atoms with Crippen LogP contribution in [0.2, 0.25) is 0 Å². The molecule has 0 saturated heterocycles. The van der Waals surface area contributed by atoms with E-state index in [-0.39, 0.29) is 11.3 Å². The fraction of sp³-hybridized carbons (Fsp3) is 0.0667.